The van der Waals surface area contributed by atoms with Crippen LogP contribution >= 0.6 is 11.6 Å². The maximum Gasteiger partial charge on any atom is 0.503 e. The molecule has 30 heavy (non-hydrogen) atoms. The summed E-state index contributed by atoms with van der Waals surface area (Å²) < 4.78 is 2.12. The van der Waals surface area contributed by atoms with Crippen molar-refractivity contribution in [3.8, 4) is 11.1 Å². The van der Waals surface area contributed by atoms with Crippen LogP contribution in [0.3, 0.4) is 0 Å². The highest BCUT2D eigenvalue weighted by Crippen LogP contribution is 2.41. The van der Waals surface area contributed by atoms with E-state index in [4.69, 9.17) is 41.6 Å². The highest BCUT2D eigenvalue weighted by Gasteiger charge is 2.34. The minimum atomic E-state index is -1.83. The number of fused-ring (bicyclic) bond motifs is 1. The second-order valence-electron chi connectivity index (χ2n) is 6.82. The van der Waals surface area contributed by atoms with Crippen LogP contribution in [-0.4, -0.2) is 55.2 Å². The van der Waals surface area contributed by atoms with Gasteiger partial charge in [-0.1, -0.05) is 25.4 Å². The topological polar surface area (TPSA) is 197 Å². The summed E-state index contributed by atoms with van der Waals surface area (Å²) in [4.78, 5) is 33.3. The van der Waals surface area contributed by atoms with Gasteiger partial charge in [-0.3, -0.25) is 9.78 Å². The summed E-state index contributed by atoms with van der Waals surface area (Å²) in [5.74, 6) is -0.0645. The predicted molar refractivity (Wildman–Crippen MR) is 110 cm³/mol. The molecule has 0 spiro atoms. The third-order valence-electron chi connectivity index (χ3n) is 3.96. The first-order valence-corrected chi connectivity index (χ1v) is 8.65. The molecule has 0 radical (unpaired) electrons. The number of carboxylic acid groups (broad SMARTS) is 4. The summed E-state index contributed by atoms with van der Waals surface area (Å²) in [5.41, 5.74) is 3.98. The lowest BCUT2D eigenvalue weighted by Gasteiger charge is -2.16. The van der Waals surface area contributed by atoms with Crippen molar-refractivity contribution in [2.45, 2.75) is 26.8 Å². The van der Waals surface area contributed by atoms with Crippen molar-refractivity contribution >= 4 is 29.8 Å². The number of carbonyl (C=O) groups is 3. The molecule has 2 aromatic rings. The van der Waals surface area contributed by atoms with Crippen LogP contribution in [-0.2, 0) is 13.0 Å². The Bertz CT molecular complexity index is 892. The van der Waals surface area contributed by atoms with Gasteiger partial charge < -0.3 is 36.5 Å². The molecule has 11 nitrogen and oxygen atoms in total. The van der Waals surface area contributed by atoms with E-state index in [0.717, 1.165) is 24.1 Å². The Morgan fingerprint density at radius 1 is 1.13 bits per heavy atom. The molecule has 0 aromatic carbocycles. The lowest BCUT2D eigenvalue weighted by Crippen LogP contribution is -2.22. The monoisotopic (exact) mass is 444 g/mol. The smallest absolute Gasteiger partial charge is 0.450 e. The number of carbonyl (C=O) groups excluding carboxylic acids is 1. The van der Waals surface area contributed by atoms with E-state index in [1.165, 1.54) is 5.69 Å². The maximum absolute atomic E-state index is 12.1. The Morgan fingerprint density at radius 3 is 2.13 bits per heavy atom. The fourth-order valence-electron chi connectivity index (χ4n) is 3.04. The van der Waals surface area contributed by atoms with Crippen molar-refractivity contribution in [1.29, 1.82) is 0 Å². The van der Waals surface area contributed by atoms with Gasteiger partial charge in [-0.15, -0.1) is 0 Å². The Kier molecular flexibility index (Phi) is 9.81. The van der Waals surface area contributed by atoms with Crippen molar-refractivity contribution in [3.63, 3.8) is 0 Å². The predicted octanol–water partition coefficient (Wildman–Crippen LogP) is 3.75. The molecule has 3 heterocycles. The quantitative estimate of drug-likeness (QED) is 0.399. The minimum Gasteiger partial charge on any atom is -0.450 e. The molecule has 0 bridgehead atoms. The number of hydrogen-bond acceptors (Lipinski definition) is 5. The van der Waals surface area contributed by atoms with Crippen LogP contribution in [0, 0.1) is 5.41 Å². The Hall–Kier alpha value is -3.31. The van der Waals surface area contributed by atoms with Crippen molar-refractivity contribution in [3.05, 3.63) is 40.9 Å². The number of nitrogens with one attached hydrogen (secondary N) is 1. The molecular formula is C18H25ClN4O7. The van der Waals surface area contributed by atoms with Crippen LogP contribution in [0.25, 0.3) is 11.1 Å². The van der Waals surface area contributed by atoms with Crippen LogP contribution < -0.4 is 11.5 Å². The van der Waals surface area contributed by atoms with Crippen molar-refractivity contribution < 1.29 is 34.8 Å². The normalized spacial score (nSPS) is 12.7. The largest absolute Gasteiger partial charge is 0.503 e. The van der Waals surface area contributed by atoms with E-state index in [-0.39, 0.29) is 17.5 Å². The average molecular weight is 445 g/mol. The summed E-state index contributed by atoms with van der Waals surface area (Å²) in [5, 5.41) is 31.2. The Morgan fingerprint density at radius 2 is 1.67 bits per heavy atom. The molecule has 1 amide bonds. The molecule has 1 aliphatic heterocycles. The molecule has 8 N–H and O–H groups in total. The number of nitrogens with zero attached hydrogens (tertiary/aromatic N) is 2. The molecule has 166 valence electrons. The molecule has 0 unspecified atom stereocenters. The van der Waals surface area contributed by atoms with E-state index in [1.807, 2.05) is 12.1 Å². The van der Waals surface area contributed by atoms with E-state index in [9.17, 15) is 4.79 Å². The summed E-state index contributed by atoms with van der Waals surface area (Å²) in [6.45, 7) is 5.27. The van der Waals surface area contributed by atoms with Gasteiger partial charge in [-0.05, 0) is 24.0 Å². The van der Waals surface area contributed by atoms with Crippen LogP contribution in [0.2, 0.25) is 5.02 Å². The van der Waals surface area contributed by atoms with E-state index in [2.05, 4.69) is 28.7 Å². The van der Waals surface area contributed by atoms with Gasteiger partial charge in [-0.25, -0.2) is 9.59 Å². The van der Waals surface area contributed by atoms with Gasteiger partial charge in [0.25, 0.3) is 5.91 Å². The Labute approximate surface area is 177 Å². The third-order valence-corrected chi connectivity index (χ3v) is 4.26. The highest BCUT2D eigenvalue weighted by atomic mass is 35.5. The number of rotatable bonds is 2. The van der Waals surface area contributed by atoms with Crippen LogP contribution in [0.5, 0.6) is 0 Å². The number of hydrogen-bond donors (Lipinski definition) is 6. The molecule has 0 atom stereocenters. The van der Waals surface area contributed by atoms with Gasteiger partial charge in [0.05, 0.1) is 5.02 Å². The van der Waals surface area contributed by atoms with Crippen LogP contribution in [0.1, 0.15) is 30.0 Å². The summed E-state index contributed by atoms with van der Waals surface area (Å²) in [6, 6.07) is 3.84. The molecular weight excluding hydrogens is 420 g/mol. The van der Waals surface area contributed by atoms with Crippen molar-refractivity contribution in [1.82, 2.24) is 21.0 Å². The zero-order valence-corrected chi connectivity index (χ0v) is 17.5. The van der Waals surface area contributed by atoms with Gasteiger partial charge in [-0.2, -0.15) is 0 Å². The first-order chi connectivity index (χ1) is 13.4. The zero-order chi connectivity index (χ0) is 22.4. The van der Waals surface area contributed by atoms with Gasteiger partial charge in [0, 0.05) is 42.8 Å². The first-order valence-electron chi connectivity index (χ1n) is 8.27. The Balaban J connectivity index is 0.000000808. The standard InChI is InChI=1S/C16H18ClN3O.2CH2O3.H3N/c1-16(2)7-14-11(10-4-5-19-8-12(10)17)6-13(15(21)18-3)20(14)9-16;2*2-1(3)4;/h4-6,8H,7,9H2,1-3H3,(H,18,21);2*(H2,2,3,4);1H3. The zero-order valence-electron chi connectivity index (χ0n) is 16.7. The number of aromatic nitrogens is 2. The minimum absolute atomic E-state index is 0. The SMILES string of the molecule is CNC(=O)c1cc(-c2ccncc2Cl)c2n1CC(C)(C)C2.N.O=C(O)O.O=C(O)O. The maximum atomic E-state index is 12.1. The van der Waals surface area contributed by atoms with Crippen LogP contribution in [0.15, 0.2) is 24.5 Å². The van der Waals surface area contributed by atoms with Gasteiger partial charge in [0.1, 0.15) is 5.69 Å². The molecule has 3 rings (SSSR count). The summed E-state index contributed by atoms with van der Waals surface area (Å²) in [6.07, 6.45) is 0.628. The van der Waals surface area contributed by atoms with Crippen molar-refractivity contribution in [2.24, 2.45) is 5.41 Å². The van der Waals surface area contributed by atoms with E-state index >= 15 is 0 Å². The number of halogens is 1. The van der Waals surface area contributed by atoms with E-state index in [0.29, 0.717) is 10.7 Å². The number of pyridine rings is 1. The highest BCUT2D eigenvalue weighted by molar-refractivity contribution is 6.33. The van der Waals surface area contributed by atoms with Gasteiger partial charge >= 0.3 is 12.3 Å². The van der Waals surface area contributed by atoms with Gasteiger partial charge in [0.2, 0.25) is 0 Å². The first kappa shape index (κ1) is 26.7. The molecule has 1 aliphatic rings. The molecule has 12 heteroatoms. The summed E-state index contributed by atoms with van der Waals surface area (Å²) in [7, 11) is 1.65. The van der Waals surface area contributed by atoms with Crippen molar-refractivity contribution in [2.75, 3.05) is 7.05 Å². The second kappa shape index (κ2) is 11.0. The van der Waals surface area contributed by atoms with Gasteiger partial charge in [0.15, 0.2) is 0 Å². The van der Waals surface area contributed by atoms with E-state index < -0.39 is 12.3 Å². The molecule has 0 fully saturated rings. The molecule has 0 saturated heterocycles. The van der Waals surface area contributed by atoms with E-state index in [1.54, 1.807) is 19.4 Å². The second-order valence-corrected chi connectivity index (χ2v) is 7.22. The fourth-order valence-corrected chi connectivity index (χ4v) is 3.26. The molecule has 0 aliphatic carbocycles. The third kappa shape index (κ3) is 7.26. The fraction of sp³-hybridized carbons (Fsp3) is 0.333. The lowest BCUT2D eigenvalue weighted by atomic mass is 9.89. The summed E-state index contributed by atoms with van der Waals surface area (Å²) >= 11 is 6.28. The average Bonchev–Trinajstić information content (AvgIpc) is 3.07. The molecule has 2 aromatic heterocycles. The van der Waals surface area contributed by atoms with Crippen LogP contribution in [0.4, 0.5) is 9.59 Å². The number of amides is 1. The lowest BCUT2D eigenvalue weighted by molar-refractivity contribution is 0.0952. The molecule has 0 saturated carbocycles.